The van der Waals surface area contributed by atoms with Crippen molar-refractivity contribution in [2.45, 2.75) is 88.1 Å². The second kappa shape index (κ2) is 24.2. The number of carbonyl (C=O) groups is 8. The second-order valence-corrected chi connectivity index (χ2v) is 17.6. The summed E-state index contributed by atoms with van der Waals surface area (Å²) in [5, 5.41) is 37.1. The maximum Gasteiger partial charge on any atom is 0.326 e. The number of hydrogen-bond acceptors (Lipinski definition) is 18. The molecular weight excluding hydrogens is 941 g/mol. The number of aromatic amines is 1. The van der Waals surface area contributed by atoms with Crippen LogP contribution in [0.15, 0.2) is 65.7 Å². The molecule has 25 nitrogen and oxygen atoms in total. The number of tetrazole rings is 1. The summed E-state index contributed by atoms with van der Waals surface area (Å²) in [6, 6.07) is 7.64. The number of H-pyrrole nitrogens is 1. The number of carbonyl (C=O) groups excluding carboxylic acids is 7. The van der Waals surface area contributed by atoms with Crippen LogP contribution in [-0.2, 0) is 34.5 Å². The molecule has 0 radical (unpaired) electrons. The Bertz CT molecular complexity index is 2810. The summed E-state index contributed by atoms with van der Waals surface area (Å²) < 4.78 is 0. The van der Waals surface area contributed by atoms with Crippen LogP contribution in [0.4, 0.5) is 17.5 Å². The van der Waals surface area contributed by atoms with E-state index < -0.39 is 47.7 Å². The molecule has 0 bridgehead atoms. The largest absolute Gasteiger partial charge is 0.480 e. The number of amides is 7. The van der Waals surface area contributed by atoms with Gasteiger partial charge in [0, 0.05) is 59.1 Å². The van der Waals surface area contributed by atoms with E-state index >= 15 is 0 Å². The van der Waals surface area contributed by atoms with Crippen LogP contribution in [0.3, 0.4) is 0 Å². The predicted molar refractivity (Wildman–Crippen MR) is 257 cm³/mol. The molecule has 5 aromatic rings. The number of imide groups is 1. The van der Waals surface area contributed by atoms with E-state index in [1.807, 2.05) is 0 Å². The lowest BCUT2D eigenvalue weighted by molar-refractivity contribution is -0.139. The Hall–Kier alpha value is -8.42. The molecule has 0 fully saturated rings. The fourth-order valence-electron chi connectivity index (χ4n) is 7.08. The van der Waals surface area contributed by atoms with Gasteiger partial charge in [0.2, 0.25) is 29.5 Å². The van der Waals surface area contributed by atoms with Crippen LogP contribution in [0.1, 0.15) is 85.7 Å². The van der Waals surface area contributed by atoms with E-state index in [0.717, 1.165) is 9.80 Å². The number of benzene rings is 2. The monoisotopic (exact) mass is 992 g/mol. The molecule has 26 heteroatoms. The first-order valence-electron chi connectivity index (χ1n) is 22.4. The van der Waals surface area contributed by atoms with Crippen molar-refractivity contribution in [1.29, 1.82) is 0 Å². The van der Waals surface area contributed by atoms with E-state index in [9.17, 15) is 43.5 Å². The highest BCUT2D eigenvalue weighted by molar-refractivity contribution is 7.98. The van der Waals surface area contributed by atoms with Gasteiger partial charge >= 0.3 is 5.97 Å². The highest BCUT2D eigenvalue weighted by Crippen LogP contribution is 2.26. The number of fused-ring (bicyclic) bond motifs is 1. The Balaban J connectivity index is 0.952. The van der Waals surface area contributed by atoms with Gasteiger partial charge in [-0.25, -0.2) is 14.8 Å². The molecule has 3 atom stereocenters. The number of nitrogen functional groups attached to an aromatic ring is 2. The number of anilines is 3. The Kier molecular flexibility index (Phi) is 17.7. The third kappa shape index (κ3) is 14.3. The van der Waals surface area contributed by atoms with Gasteiger partial charge in [0.05, 0.1) is 17.5 Å². The van der Waals surface area contributed by atoms with Crippen LogP contribution in [0.5, 0.6) is 0 Å². The molecule has 0 saturated heterocycles. The topological polar surface area (TPSA) is 378 Å². The normalized spacial score (nSPS) is 13.4. The van der Waals surface area contributed by atoms with Crippen LogP contribution in [0, 0.1) is 5.92 Å². The standard InChI is InChI=1S/C45H52N16O9S/c1-23(2)35(54-32(62)9-5-4-6-19-61-33(63)16-17-34(61)64)43(68)50-24(3)40(65)52-26-12-15-29(30(20-26)38-57-59-60-58-38)42(67)48-18-7-8-31(44(69)70)53-41(66)25-10-13-28(14-11-25)71-22-27-21-49-39-36(51-27)37(46)55-45(47)56-39/h10-17,20-21,23-24,31,35H,4-9,18-19,22H2,1-3H3,(H,48,67)(H,50,68)(H,52,65)(H,53,66)(H,54,62)(H,69,70)(H,57,58,59,60)(H4,46,47,49,55,56)/t24-,31-,35-/m0/s1. The third-order valence-corrected chi connectivity index (χ3v) is 11.9. The maximum atomic E-state index is 13.5. The molecule has 0 saturated carbocycles. The number of carboxylic acids is 1. The molecule has 4 heterocycles. The number of aromatic nitrogens is 8. The first-order chi connectivity index (χ1) is 34.0. The summed E-state index contributed by atoms with van der Waals surface area (Å²) in [5.74, 6) is -4.46. The molecule has 71 heavy (non-hydrogen) atoms. The highest BCUT2D eigenvalue weighted by Gasteiger charge is 2.28. The average Bonchev–Trinajstić information content (AvgIpc) is 4.00. The van der Waals surface area contributed by atoms with Gasteiger partial charge in [0.25, 0.3) is 23.6 Å². The zero-order chi connectivity index (χ0) is 51.2. The molecule has 2 aromatic carbocycles. The summed E-state index contributed by atoms with van der Waals surface area (Å²) in [5.41, 5.74) is 13.5. The van der Waals surface area contributed by atoms with Crippen molar-refractivity contribution in [3.05, 3.63) is 77.6 Å². The van der Waals surface area contributed by atoms with Gasteiger partial charge in [0.1, 0.15) is 18.1 Å². The van der Waals surface area contributed by atoms with Gasteiger partial charge < -0.3 is 43.2 Å². The summed E-state index contributed by atoms with van der Waals surface area (Å²) in [6.07, 6.45) is 5.84. The predicted octanol–water partition coefficient (Wildman–Crippen LogP) is 1.52. The van der Waals surface area contributed by atoms with Gasteiger partial charge in [-0.15, -0.1) is 22.0 Å². The lowest BCUT2D eigenvalue weighted by Crippen LogP contribution is -2.53. The Morgan fingerprint density at radius 1 is 0.845 bits per heavy atom. The first kappa shape index (κ1) is 52.0. The fraction of sp³-hybridized carbons (Fsp3) is 0.356. The van der Waals surface area contributed by atoms with E-state index in [1.54, 1.807) is 44.3 Å². The maximum absolute atomic E-state index is 13.5. The van der Waals surface area contributed by atoms with Gasteiger partial charge in [-0.3, -0.25) is 38.5 Å². The van der Waals surface area contributed by atoms with E-state index in [2.05, 4.69) is 67.1 Å². The van der Waals surface area contributed by atoms with Crippen LogP contribution in [0.2, 0.25) is 0 Å². The van der Waals surface area contributed by atoms with Crippen molar-refractivity contribution >= 4 is 87.7 Å². The van der Waals surface area contributed by atoms with E-state index in [-0.39, 0.29) is 102 Å². The van der Waals surface area contributed by atoms with Crippen molar-refractivity contribution in [1.82, 2.24) is 66.7 Å². The molecule has 1 aliphatic heterocycles. The summed E-state index contributed by atoms with van der Waals surface area (Å²) >= 11 is 1.43. The minimum atomic E-state index is -1.26. The Morgan fingerprint density at radius 3 is 2.28 bits per heavy atom. The Labute approximate surface area is 409 Å². The lowest BCUT2D eigenvalue weighted by Gasteiger charge is -2.24. The molecule has 372 valence electrons. The van der Waals surface area contributed by atoms with Crippen molar-refractivity contribution in [3.63, 3.8) is 0 Å². The molecule has 0 unspecified atom stereocenters. The van der Waals surface area contributed by atoms with Crippen molar-refractivity contribution in [2.24, 2.45) is 5.92 Å². The number of nitrogens with zero attached hydrogens (tertiary/aromatic N) is 8. The van der Waals surface area contributed by atoms with Gasteiger partial charge in [-0.2, -0.15) is 15.2 Å². The quantitative estimate of drug-likeness (QED) is 0.0240. The van der Waals surface area contributed by atoms with E-state index in [0.29, 0.717) is 36.2 Å². The zero-order valence-electron chi connectivity index (χ0n) is 38.8. The number of hydrogen-bond donors (Lipinski definition) is 9. The molecule has 7 amide bonds. The minimum absolute atomic E-state index is 0.00462. The smallest absolute Gasteiger partial charge is 0.326 e. The second-order valence-electron chi connectivity index (χ2n) is 16.6. The summed E-state index contributed by atoms with van der Waals surface area (Å²) in [6.45, 7) is 5.25. The lowest BCUT2D eigenvalue weighted by atomic mass is 10.0. The summed E-state index contributed by atoms with van der Waals surface area (Å²) in [4.78, 5) is 120. The summed E-state index contributed by atoms with van der Waals surface area (Å²) in [7, 11) is 0. The van der Waals surface area contributed by atoms with Gasteiger partial charge in [-0.1, -0.05) is 20.3 Å². The number of carboxylic acid groups (broad SMARTS) is 1. The zero-order valence-corrected chi connectivity index (χ0v) is 39.6. The number of unbranched alkanes of at least 4 members (excludes halogenated alkanes) is 2. The van der Waals surface area contributed by atoms with Gasteiger partial charge in [-0.05, 0) is 86.2 Å². The number of rotatable bonds is 24. The number of nitrogens with one attached hydrogen (secondary N) is 6. The van der Waals surface area contributed by atoms with E-state index in [4.69, 9.17) is 11.5 Å². The number of aliphatic carboxylic acids is 1. The Morgan fingerprint density at radius 2 is 1.59 bits per heavy atom. The number of thioether (sulfide) groups is 1. The van der Waals surface area contributed by atoms with Crippen molar-refractivity contribution in [2.75, 3.05) is 29.9 Å². The SMILES string of the molecule is CC(C)[C@H](NC(=O)CCCCCN1C(=O)C=CC1=O)C(=O)N[C@@H](C)C(=O)Nc1ccc(C(=O)NCCC[C@H](NC(=O)c2ccc(SCc3cnc4nc(N)nc(N)c4n3)cc2)C(=O)O)c(-c2nn[nH]n2)c1. The molecular formula is C45H52N16O9S. The van der Waals surface area contributed by atoms with Crippen LogP contribution >= 0.6 is 11.8 Å². The minimum Gasteiger partial charge on any atom is -0.480 e. The average molecular weight is 993 g/mol. The molecule has 0 aliphatic carbocycles. The van der Waals surface area contributed by atoms with E-state index in [1.165, 1.54) is 49.0 Å². The van der Waals surface area contributed by atoms with Crippen LogP contribution < -0.4 is 38.1 Å². The van der Waals surface area contributed by atoms with Crippen molar-refractivity contribution in [3.8, 4) is 11.4 Å². The molecule has 11 N–H and O–H groups in total. The number of nitrogens with two attached hydrogens (primary N) is 2. The van der Waals surface area contributed by atoms with Gasteiger partial charge in [0.15, 0.2) is 17.0 Å². The molecule has 3 aromatic heterocycles. The fourth-order valence-corrected chi connectivity index (χ4v) is 7.86. The highest BCUT2D eigenvalue weighted by atomic mass is 32.2. The first-order valence-corrected chi connectivity index (χ1v) is 23.4. The van der Waals surface area contributed by atoms with Crippen LogP contribution in [-0.4, -0.2) is 129 Å². The molecule has 1 aliphatic rings. The molecule has 0 spiro atoms. The van der Waals surface area contributed by atoms with Crippen LogP contribution in [0.25, 0.3) is 22.6 Å². The molecule has 6 rings (SSSR count). The third-order valence-electron chi connectivity index (χ3n) is 10.9. The van der Waals surface area contributed by atoms with Crippen molar-refractivity contribution < 1.29 is 43.5 Å².